The Morgan fingerprint density at radius 3 is 2.60 bits per heavy atom. The third-order valence-corrected chi connectivity index (χ3v) is 5.47. The average Bonchev–Trinajstić information content (AvgIpc) is 3.18. The van der Waals surface area contributed by atoms with Gasteiger partial charge in [0, 0.05) is 18.7 Å². The molecule has 0 saturated carbocycles. The van der Waals surface area contributed by atoms with Crippen molar-refractivity contribution < 1.29 is 14.3 Å². The van der Waals surface area contributed by atoms with E-state index in [2.05, 4.69) is 5.32 Å². The predicted molar refractivity (Wildman–Crippen MR) is 102 cm³/mol. The van der Waals surface area contributed by atoms with Gasteiger partial charge in [0.15, 0.2) is 6.61 Å². The fraction of sp³-hybridized carbons (Fsp3) is 0.579. The molecule has 2 rings (SSSR count). The van der Waals surface area contributed by atoms with Gasteiger partial charge in [-0.3, -0.25) is 9.59 Å². The van der Waals surface area contributed by atoms with E-state index in [9.17, 15) is 9.59 Å². The van der Waals surface area contributed by atoms with Crippen LogP contribution in [0.25, 0.3) is 0 Å². The maximum absolute atomic E-state index is 12.2. The summed E-state index contributed by atoms with van der Waals surface area (Å²) in [6.45, 7) is 5.61. The molecule has 0 unspecified atom stereocenters. The zero-order chi connectivity index (χ0) is 18.2. The molecule has 1 aromatic rings. The van der Waals surface area contributed by atoms with Crippen LogP contribution in [0.2, 0.25) is 0 Å². The predicted octanol–water partition coefficient (Wildman–Crippen LogP) is 3.01. The maximum Gasteiger partial charge on any atom is 0.260 e. The molecule has 138 valence electrons. The highest BCUT2D eigenvalue weighted by atomic mass is 32.2. The Balaban J connectivity index is 2.04. The number of likely N-dealkylation sites (tertiary alicyclic amines) is 1. The number of carbonyl (C=O) groups is 2. The lowest BCUT2D eigenvalue weighted by Gasteiger charge is -2.22. The summed E-state index contributed by atoms with van der Waals surface area (Å²) in [6, 6.07) is 7.50. The number of benzene rings is 1. The minimum atomic E-state index is -0.125. The molecule has 1 N–H and O–H groups in total. The summed E-state index contributed by atoms with van der Waals surface area (Å²) in [5.41, 5.74) is 0.917. The van der Waals surface area contributed by atoms with E-state index in [1.807, 2.05) is 49.3 Å². The van der Waals surface area contributed by atoms with Crippen molar-refractivity contribution in [3.05, 3.63) is 29.8 Å². The third kappa shape index (κ3) is 5.39. The quantitative estimate of drug-likeness (QED) is 0.770. The minimum absolute atomic E-state index is 0.0160. The fourth-order valence-electron chi connectivity index (χ4n) is 2.89. The number of ether oxygens (including phenoxy) is 1. The normalized spacial score (nSPS) is 16.4. The molecule has 6 heteroatoms. The standard InChI is InChI=1S/C19H28N2O3S/c1-4-16(20-19(23)14(2)25-3)15-9-5-6-10-17(15)24-13-18(22)21-11-7-8-12-21/h5-6,9-10,14,16H,4,7-8,11-13H2,1-3H3,(H,20,23)/t14-,16+/m0/s1. The lowest BCUT2D eigenvalue weighted by molar-refractivity contribution is -0.132. The number of amides is 2. The molecule has 2 amide bonds. The van der Waals surface area contributed by atoms with Crippen LogP contribution in [0, 0.1) is 0 Å². The molecule has 1 aliphatic rings. The molecule has 0 radical (unpaired) electrons. The monoisotopic (exact) mass is 364 g/mol. The van der Waals surface area contributed by atoms with Gasteiger partial charge in [0.1, 0.15) is 5.75 Å². The van der Waals surface area contributed by atoms with Crippen LogP contribution in [0.4, 0.5) is 0 Å². The maximum atomic E-state index is 12.2. The third-order valence-electron chi connectivity index (χ3n) is 4.55. The Morgan fingerprint density at radius 1 is 1.28 bits per heavy atom. The second-order valence-electron chi connectivity index (χ2n) is 6.26. The summed E-state index contributed by atoms with van der Waals surface area (Å²) >= 11 is 1.52. The molecule has 1 aliphatic heterocycles. The van der Waals surface area contributed by atoms with E-state index < -0.39 is 0 Å². The molecule has 1 aromatic carbocycles. The van der Waals surface area contributed by atoms with Gasteiger partial charge in [-0.05, 0) is 38.5 Å². The topological polar surface area (TPSA) is 58.6 Å². The zero-order valence-corrected chi connectivity index (χ0v) is 16.1. The Labute approximate surface area is 154 Å². The van der Waals surface area contributed by atoms with Gasteiger partial charge in [-0.2, -0.15) is 11.8 Å². The Hall–Kier alpha value is -1.69. The number of nitrogens with zero attached hydrogens (tertiary/aromatic N) is 1. The van der Waals surface area contributed by atoms with Crippen LogP contribution in [0.3, 0.4) is 0 Å². The number of hydrogen-bond donors (Lipinski definition) is 1. The van der Waals surface area contributed by atoms with Gasteiger partial charge in [0.25, 0.3) is 5.91 Å². The summed E-state index contributed by atoms with van der Waals surface area (Å²) < 4.78 is 5.81. The van der Waals surface area contributed by atoms with Crippen molar-refractivity contribution in [1.29, 1.82) is 0 Å². The Morgan fingerprint density at radius 2 is 1.96 bits per heavy atom. The summed E-state index contributed by atoms with van der Waals surface area (Å²) in [7, 11) is 0. The van der Waals surface area contributed by atoms with E-state index in [0.717, 1.165) is 37.9 Å². The van der Waals surface area contributed by atoms with E-state index in [1.165, 1.54) is 11.8 Å². The smallest absolute Gasteiger partial charge is 0.260 e. The highest BCUT2D eigenvalue weighted by molar-refractivity contribution is 7.99. The highest BCUT2D eigenvalue weighted by Gasteiger charge is 2.22. The molecule has 0 aliphatic carbocycles. The lowest BCUT2D eigenvalue weighted by Crippen LogP contribution is -2.34. The number of para-hydroxylation sites is 1. The van der Waals surface area contributed by atoms with Crippen LogP contribution in [-0.4, -0.2) is 47.9 Å². The van der Waals surface area contributed by atoms with Crippen LogP contribution in [0.15, 0.2) is 24.3 Å². The van der Waals surface area contributed by atoms with Gasteiger partial charge in [-0.25, -0.2) is 0 Å². The first kappa shape index (κ1) is 19.6. The number of hydrogen-bond acceptors (Lipinski definition) is 4. The molecule has 1 saturated heterocycles. The van der Waals surface area contributed by atoms with Crippen molar-refractivity contribution in [1.82, 2.24) is 10.2 Å². The number of nitrogens with one attached hydrogen (secondary N) is 1. The summed E-state index contributed by atoms with van der Waals surface area (Å²) in [5, 5.41) is 2.98. The van der Waals surface area contributed by atoms with Crippen molar-refractivity contribution in [2.45, 2.75) is 44.4 Å². The van der Waals surface area contributed by atoms with Crippen LogP contribution in [0.1, 0.15) is 44.7 Å². The molecule has 1 fully saturated rings. The summed E-state index contributed by atoms with van der Waals surface area (Å²) in [6.07, 6.45) is 4.82. The SMILES string of the molecule is CC[C@@H](NC(=O)[C@H](C)SC)c1ccccc1OCC(=O)N1CCCC1. The van der Waals surface area contributed by atoms with E-state index in [-0.39, 0.29) is 29.7 Å². The molecule has 0 aromatic heterocycles. The van der Waals surface area contributed by atoms with Crippen molar-refractivity contribution in [3.63, 3.8) is 0 Å². The van der Waals surface area contributed by atoms with Gasteiger partial charge in [0.05, 0.1) is 11.3 Å². The lowest BCUT2D eigenvalue weighted by atomic mass is 10.0. The van der Waals surface area contributed by atoms with Crippen molar-refractivity contribution in [2.24, 2.45) is 0 Å². The number of rotatable bonds is 8. The molecule has 25 heavy (non-hydrogen) atoms. The molecule has 5 nitrogen and oxygen atoms in total. The first-order valence-corrected chi connectivity index (χ1v) is 10.2. The van der Waals surface area contributed by atoms with Crippen LogP contribution >= 0.6 is 11.8 Å². The van der Waals surface area contributed by atoms with E-state index in [4.69, 9.17) is 4.74 Å². The molecule has 2 atom stereocenters. The van der Waals surface area contributed by atoms with Crippen LogP contribution in [0.5, 0.6) is 5.75 Å². The second kappa shape index (κ2) is 9.70. The highest BCUT2D eigenvalue weighted by Crippen LogP contribution is 2.28. The van der Waals surface area contributed by atoms with Crippen LogP contribution in [-0.2, 0) is 9.59 Å². The molecular weight excluding hydrogens is 336 g/mol. The van der Waals surface area contributed by atoms with Gasteiger partial charge in [-0.1, -0.05) is 25.1 Å². The zero-order valence-electron chi connectivity index (χ0n) is 15.3. The minimum Gasteiger partial charge on any atom is -0.483 e. The number of thioether (sulfide) groups is 1. The average molecular weight is 365 g/mol. The Kier molecular flexibility index (Phi) is 7.62. The molecule has 0 bridgehead atoms. The van der Waals surface area contributed by atoms with E-state index >= 15 is 0 Å². The first-order chi connectivity index (χ1) is 12.1. The van der Waals surface area contributed by atoms with Crippen molar-refractivity contribution in [2.75, 3.05) is 26.0 Å². The second-order valence-corrected chi connectivity index (χ2v) is 7.44. The molecule has 0 spiro atoms. The van der Waals surface area contributed by atoms with E-state index in [1.54, 1.807) is 0 Å². The summed E-state index contributed by atoms with van der Waals surface area (Å²) in [4.78, 5) is 26.3. The largest absolute Gasteiger partial charge is 0.483 e. The first-order valence-electron chi connectivity index (χ1n) is 8.89. The number of carbonyl (C=O) groups excluding carboxylic acids is 2. The van der Waals surface area contributed by atoms with E-state index in [0.29, 0.717) is 5.75 Å². The van der Waals surface area contributed by atoms with Gasteiger partial charge in [0.2, 0.25) is 5.91 Å². The van der Waals surface area contributed by atoms with Gasteiger partial charge >= 0.3 is 0 Å². The van der Waals surface area contributed by atoms with Crippen molar-refractivity contribution in [3.8, 4) is 5.75 Å². The molecule has 1 heterocycles. The van der Waals surface area contributed by atoms with Crippen LogP contribution < -0.4 is 10.1 Å². The van der Waals surface area contributed by atoms with Crippen molar-refractivity contribution >= 4 is 23.6 Å². The summed E-state index contributed by atoms with van der Waals surface area (Å²) in [5.74, 6) is 0.710. The Bertz CT molecular complexity index is 588. The molecular formula is C19H28N2O3S. The van der Waals surface area contributed by atoms with Gasteiger partial charge in [-0.15, -0.1) is 0 Å². The fourth-order valence-corrected chi connectivity index (χ4v) is 3.18. The van der Waals surface area contributed by atoms with Gasteiger partial charge < -0.3 is 15.0 Å².